The van der Waals surface area contributed by atoms with E-state index in [0.717, 1.165) is 23.0 Å². The Hall–Kier alpha value is -2.32. The van der Waals surface area contributed by atoms with Gasteiger partial charge in [0, 0.05) is 24.0 Å². The van der Waals surface area contributed by atoms with E-state index in [1.165, 1.54) is 11.1 Å². The van der Waals surface area contributed by atoms with Crippen LogP contribution in [0.4, 0.5) is 0 Å². The van der Waals surface area contributed by atoms with Gasteiger partial charge in [-0.3, -0.25) is 0 Å². The minimum atomic E-state index is 0.748. The fourth-order valence-electron chi connectivity index (χ4n) is 2.25. The predicted octanol–water partition coefficient (Wildman–Crippen LogP) is 5.06. The van der Waals surface area contributed by atoms with Crippen LogP contribution in [0.2, 0.25) is 5.02 Å². The minimum Gasteiger partial charge on any atom is -0.327 e. The third-order valence-corrected chi connectivity index (χ3v) is 3.77. The van der Waals surface area contributed by atoms with Gasteiger partial charge in [0.1, 0.15) is 5.82 Å². The molecule has 3 heteroatoms. The van der Waals surface area contributed by atoms with Gasteiger partial charge in [0.05, 0.1) is 0 Å². The molecule has 1 heterocycles. The van der Waals surface area contributed by atoms with Crippen molar-refractivity contribution in [2.45, 2.75) is 13.5 Å². The van der Waals surface area contributed by atoms with Crippen LogP contribution in [0.1, 0.15) is 22.5 Å². The van der Waals surface area contributed by atoms with Crippen LogP contribution in [-0.4, -0.2) is 9.55 Å². The van der Waals surface area contributed by atoms with E-state index in [0.29, 0.717) is 0 Å². The zero-order chi connectivity index (χ0) is 15.4. The van der Waals surface area contributed by atoms with Crippen LogP contribution >= 0.6 is 11.6 Å². The second-order valence-electron chi connectivity index (χ2n) is 5.28. The topological polar surface area (TPSA) is 17.8 Å². The molecule has 2 nitrogen and oxygen atoms in total. The van der Waals surface area contributed by atoms with E-state index in [9.17, 15) is 0 Å². The number of imidazole rings is 1. The number of halogens is 1. The lowest BCUT2D eigenvalue weighted by Gasteiger charge is -2.06. The van der Waals surface area contributed by atoms with Gasteiger partial charge >= 0.3 is 0 Å². The number of nitrogens with zero attached hydrogens (tertiary/aromatic N) is 2. The molecular formula is C19H17ClN2. The van der Waals surface area contributed by atoms with Gasteiger partial charge in [0.25, 0.3) is 0 Å². The van der Waals surface area contributed by atoms with Crippen LogP contribution in [0.5, 0.6) is 0 Å². The van der Waals surface area contributed by atoms with E-state index in [2.05, 4.69) is 40.7 Å². The Morgan fingerprint density at radius 2 is 1.73 bits per heavy atom. The van der Waals surface area contributed by atoms with E-state index >= 15 is 0 Å². The molecule has 2 aromatic carbocycles. The first-order valence-electron chi connectivity index (χ1n) is 7.21. The maximum Gasteiger partial charge on any atom is 0.132 e. The molecule has 22 heavy (non-hydrogen) atoms. The van der Waals surface area contributed by atoms with Crippen molar-refractivity contribution in [1.29, 1.82) is 0 Å². The SMILES string of the molecule is Cc1ccc(Cn2ccnc2C=Cc2ccc(Cl)cc2)cc1. The molecule has 0 aliphatic heterocycles. The highest BCUT2D eigenvalue weighted by Crippen LogP contribution is 2.13. The molecule has 0 atom stereocenters. The van der Waals surface area contributed by atoms with Gasteiger partial charge in [0.2, 0.25) is 0 Å². The quantitative estimate of drug-likeness (QED) is 0.658. The van der Waals surface area contributed by atoms with E-state index in [1.54, 1.807) is 0 Å². The van der Waals surface area contributed by atoms with Crippen LogP contribution in [0.3, 0.4) is 0 Å². The highest BCUT2D eigenvalue weighted by Gasteiger charge is 2.00. The second-order valence-corrected chi connectivity index (χ2v) is 5.72. The van der Waals surface area contributed by atoms with Gasteiger partial charge in [-0.15, -0.1) is 0 Å². The normalized spacial score (nSPS) is 11.2. The molecule has 0 aliphatic rings. The molecule has 3 rings (SSSR count). The number of hydrogen-bond acceptors (Lipinski definition) is 1. The maximum absolute atomic E-state index is 5.90. The first kappa shape index (κ1) is 14.6. The molecule has 0 spiro atoms. The summed E-state index contributed by atoms with van der Waals surface area (Å²) in [5.41, 5.74) is 3.65. The average Bonchev–Trinajstić information content (AvgIpc) is 2.96. The number of rotatable bonds is 4. The molecule has 1 aromatic heterocycles. The molecule has 0 fully saturated rings. The largest absolute Gasteiger partial charge is 0.327 e. The molecular weight excluding hydrogens is 292 g/mol. The van der Waals surface area contributed by atoms with Crippen molar-refractivity contribution in [2.75, 3.05) is 0 Å². The molecule has 0 unspecified atom stereocenters. The first-order chi connectivity index (χ1) is 10.7. The highest BCUT2D eigenvalue weighted by atomic mass is 35.5. The highest BCUT2D eigenvalue weighted by molar-refractivity contribution is 6.30. The van der Waals surface area contributed by atoms with E-state index in [1.807, 2.05) is 48.8 Å². The van der Waals surface area contributed by atoms with Gasteiger partial charge < -0.3 is 4.57 Å². The van der Waals surface area contributed by atoms with Crippen molar-refractivity contribution in [3.63, 3.8) is 0 Å². The molecule has 0 aliphatic carbocycles. The summed E-state index contributed by atoms with van der Waals surface area (Å²) < 4.78 is 2.14. The monoisotopic (exact) mass is 308 g/mol. The van der Waals surface area contributed by atoms with Crippen molar-refractivity contribution >= 4 is 23.8 Å². The lowest BCUT2D eigenvalue weighted by molar-refractivity contribution is 0.787. The van der Waals surface area contributed by atoms with E-state index < -0.39 is 0 Å². The zero-order valence-corrected chi connectivity index (χ0v) is 13.2. The van der Waals surface area contributed by atoms with Crippen molar-refractivity contribution in [3.05, 3.63) is 88.5 Å². The third kappa shape index (κ3) is 3.66. The lowest BCUT2D eigenvalue weighted by Crippen LogP contribution is -2.00. The minimum absolute atomic E-state index is 0.748. The van der Waals surface area contributed by atoms with Crippen molar-refractivity contribution in [3.8, 4) is 0 Å². The molecule has 0 radical (unpaired) electrons. The van der Waals surface area contributed by atoms with Crippen LogP contribution in [0.25, 0.3) is 12.2 Å². The summed E-state index contributed by atoms with van der Waals surface area (Å²) in [5.74, 6) is 0.940. The van der Waals surface area contributed by atoms with Crippen molar-refractivity contribution < 1.29 is 0 Å². The van der Waals surface area contributed by atoms with Gasteiger partial charge in [-0.1, -0.05) is 59.6 Å². The Bertz CT molecular complexity index is 768. The number of aromatic nitrogens is 2. The summed E-state index contributed by atoms with van der Waals surface area (Å²) in [4.78, 5) is 4.41. The maximum atomic E-state index is 5.90. The molecule has 0 amide bonds. The standard InChI is InChI=1S/C19H17ClN2/c1-15-2-4-17(5-3-15)14-22-13-12-21-19(22)11-8-16-6-9-18(20)10-7-16/h2-13H,14H2,1H3. The van der Waals surface area contributed by atoms with Crippen LogP contribution in [0.15, 0.2) is 60.9 Å². The molecule has 0 saturated heterocycles. The fraction of sp³-hybridized carbons (Fsp3) is 0.105. The summed E-state index contributed by atoms with van der Waals surface area (Å²) >= 11 is 5.90. The van der Waals surface area contributed by atoms with Gasteiger partial charge in [-0.05, 0) is 36.3 Å². The van der Waals surface area contributed by atoms with Crippen LogP contribution in [0, 0.1) is 6.92 Å². The van der Waals surface area contributed by atoms with Gasteiger partial charge in [-0.25, -0.2) is 4.98 Å². The summed E-state index contributed by atoms with van der Waals surface area (Å²) in [5, 5.41) is 0.748. The zero-order valence-electron chi connectivity index (χ0n) is 12.4. The molecule has 3 aromatic rings. The molecule has 0 bridgehead atoms. The summed E-state index contributed by atoms with van der Waals surface area (Å²) in [6, 6.07) is 16.3. The Labute approximate surface area is 135 Å². The summed E-state index contributed by atoms with van der Waals surface area (Å²) in [6.45, 7) is 2.92. The van der Waals surface area contributed by atoms with E-state index in [-0.39, 0.29) is 0 Å². The Kier molecular flexibility index (Phi) is 4.40. The Balaban J connectivity index is 1.77. The predicted molar refractivity (Wildman–Crippen MR) is 92.9 cm³/mol. The number of aryl methyl sites for hydroxylation is 1. The molecule has 0 saturated carbocycles. The third-order valence-electron chi connectivity index (χ3n) is 3.52. The summed E-state index contributed by atoms with van der Waals surface area (Å²) in [7, 11) is 0. The summed E-state index contributed by atoms with van der Waals surface area (Å²) in [6.07, 6.45) is 7.90. The van der Waals surface area contributed by atoms with E-state index in [4.69, 9.17) is 11.6 Å². The first-order valence-corrected chi connectivity index (χ1v) is 7.59. The van der Waals surface area contributed by atoms with Gasteiger partial charge in [-0.2, -0.15) is 0 Å². The number of benzene rings is 2. The number of hydrogen-bond donors (Lipinski definition) is 0. The lowest BCUT2D eigenvalue weighted by atomic mass is 10.1. The van der Waals surface area contributed by atoms with Crippen molar-refractivity contribution in [1.82, 2.24) is 9.55 Å². The average molecular weight is 309 g/mol. The van der Waals surface area contributed by atoms with Crippen LogP contribution in [-0.2, 0) is 6.54 Å². The molecule has 110 valence electrons. The second kappa shape index (κ2) is 6.63. The molecule has 0 N–H and O–H groups in total. The Morgan fingerprint density at radius 3 is 2.45 bits per heavy atom. The fourth-order valence-corrected chi connectivity index (χ4v) is 2.37. The smallest absolute Gasteiger partial charge is 0.132 e. The van der Waals surface area contributed by atoms with Gasteiger partial charge in [0.15, 0.2) is 0 Å². The van der Waals surface area contributed by atoms with Crippen molar-refractivity contribution in [2.24, 2.45) is 0 Å². The Morgan fingerprint density at radius 1 is 1.00 bits per heavy atom. The van der Waals surface area contributed by atoms with Crippen LogP contribution < -0.4 is 0 Å².